The standard InChI is InChI=1S/C30H20N2/c1-32-28-17-9-8-16-27(28)31-30(32)26-18-25-21-12-3-2-10-19(21)20-11-4-6-14-23(20)29(25)24-15-7-5-13-22(24)26/h2-18H,1H3. The van der Waals surface area contributed by atoms with Crippen LogP contribution in [0.5, 0.6) is 0 Å². The lowest BCUT2D eigenvalue weighted by atomic mass is 9.89. The molecule has 0 atom stereocenters. The van der Waals surface area contributed by atoms with E-state index in [0.29, 0.717) is 0 Å². The molecule has 32 heavy (non-hydrogen) atoms. The fourth-order valence-corrected chi connectivity index (χ4v) is 5.34. The molecule has 0 saturated carbocycles. The van der Waals surface area contributed by atoms with E-state index in [1.165, 1.54) is 48.7 Å². The van der Waals surface area contributed by atoms with Crippen molar-refractivity contribution < 1.29 is 0 Å². The van der Waals surface area contributed by atoms with E-state index in [2.05, 4.69) is 115 Å². The van der Waals surface area contributed by atoms with Gasteiger partial charge in [-0.05, 0) is 61.3 Å². The summed E-state index contributed by atoms with van der Waals surface area (Å²) in [6.07, 6.45) is 0. The van der Waals surface area contributed by atoms with Gasteiger partial charge < -0.3 is 4.57 Å². The molecule has 0 aliphatic heterocycles. The third-order valence-electron chi connectivity index (χ3n) is 6.78. The predicted molar refractivity (Wildman–Crippen MR) is 136 cm³/mol. The van der Waals surface area contributed by atoms with Crippen molar-refractivity contribution in [3.63, 3.8) is 0 Å². The highest BCUT2D eigenvalue weighted by atomic mass is 15.1. The number of hydrogen-bond acceptors (Lipinski definition) is 1. The Labute approximate surface area is 185 Å². The van der Waals surface area contributed by atoms with Crippen molar-refractivity contribution in [2.75, 3.05) is 0 Å². The third-order valence-corrected chi connectivity index (χ3v) is 6.78. The molecule has 0 saturated heterocycles. The number of aromatic nitrogens is 2. The molecule has 0 unspecified atom stereocenters. The van der Waals surface area contributed by atoms with Crippen molar-refractivity contribution in [2.45, 2.75) is 0 Å². The molecule has 0 radical (unpaired) electrons. The molecular formula is C30H20N2. The highest BCUT2D eigenvalue weighted by Gasteiger charge is 2.17. The van der Waals surface area contributed by atoms with E-state index in [9.17, 15) is 0 Å². The minimum Gasteiger partial charge on any atom is -0.327 e. The summed E-state index contributed by atoms with van der Waals surface area (Å²) < 4.78 is 2.21. The molecule has 6 aromatic carbocycles. The summed E-state index contributed by atoms with van der Waals surface area (Å²) >= 11 is 0. The number of rotatable bonds is 1. The third kappa shape index (κ3) is 2.27. The van der Waals surface area contributed by atoms with E-state index in [1.54, 1.807) is 0 Å². The number of benzene rings is 6. The smallest absolute Gasteiger partial charge is 0.141 e. The van der Waals surface area contributed by atoms with Crippen LogP contribution in [0.4, 0.5) is 0 Å². The Balaban J connectivity index is 1.75. The van der Waals surface area contributed by atoms with Crippen LogP contribution in [-0.4, -0.2) is 9.55 Å². The SMILES string of the molecule is Cn1c(-c2cc3c4ccccc4c4ccccc4c3c3ccccc23)nc2ccccc21. The lowest BCUT2D eigenvalue weighted by Crippen LogP contribution is -1.95. The zero-order valence-corrected chi connectivity index (χ0v) is 17.7. The highest BCUT2D eigenvalue weighted by Crippen LogP contribution is 2.42. The molecule has 0 amide bonds. The minimum absolute atomic E-state index is 1.00. The van der Waals surface area contributed by atoms with Gasteiger partial charge in [0.1, 0.15) is 5.82 Å². The van der Waals surface area contributed by atoms with Crippen molar-refractivity contribution in [2.24, 2.45) is 7.05 Å². The van der Waals surface area contributed by atoms with Crippen LogP contribution in [0.25, 0.3) is 65.5 Å². The summed E-state index contributed by atoms with van der Waals surface area (Å²) in [5, 5.41) is 10.3. The fourth-order valence-electron chi connectivity index (χ4n) is 5.34. The number of hydrogen-bond donors (Lipinski definition) is 0. The van der Waals surface area contributed by atoms with Gasteiger partial charge in [0.15, 0.2) is 0 Å². The fraction of sp³-hybridized carbons (Fsp3) is 0.0333. The first-order valence-corrected chi connectivity index (χ1v) is 11.0. The molecule has 0 spiro atoms. The monoisotopic (exact) mass is 408 g/mol. The summed E-state index contributed by atoms with van der Waals surface area (Å²) in [6, 6.07) is 37.0. The van der Waals surface area contributed by atoms with Crippen molar-refractivity contribution in [1.82, 2.24) is 9.55 Å². The van der Waals surface area contributed by atoms with E-state index in [4.69, 9.17) is 4.98 Å². The first-order valence-electron chi connectivity index (χ1n) is 11.0. The molecule has 2 nitrogen and oxygen atoms in total. The number of aryl methyl sites for hydroxylation is 1. The average Bonchev–Trinajstić information content (AvgIpc) is 3.19. The van der Waals surface area contributed by atoms with Crippen molar-refractivity contribution in [1.29, 1.82) is 0 Å². The lowest BCUT2D eigenvalue weighted by molar-refractivity contribution is 0.961. The lowest BCUT2D eigenvalue weighted by Gasteiger charge is -2.15. The Hall–Kier alpha value is -4.17. The molecule has 7 aromatic rings. The van der Waals surface area contributed by atoms with Crippen LogP contribution < -0.4 is 0 Å². The Morgan fingerprint density at radius 1 is 0.531 bits per heavy atom. The van der Waals surface area contributed by atoms with Gasteiger partial charge in [-0.15, -0.1) is 0 Å². The van der Waals surface area contributed by atoms with Crippen LogP contribution in [0.2, 0.25) is 0 Å². The Bertz CT molecular complexity index is 1840. The molecule has 0 fully saturated rings. The van der Waals surface area contributed by atoms with Gasteiger partial charge in [0.25, 0.3) is 0 Å². The molecule has 2 heteroatoms. The molecule has 150 valence electrons. The van der Waals surface area contributed by atoms with Crippen molar-refractivity contribution >= 4 is 54.1 Å². The zero-order valence-electron chi connectivity index (χ0n) is 17.7. The van der Waals surface area contributed by atoms with Gasteiger partial charge in [-0.25, -0.2) is 4.98 Å². The van der Waals surface area contributed by atoms with Crippen LogP contribution in [0.3, 0.4) is 0 Å². The molecule has 0 aliphatic rings. The summed E-state index contributed by atoms with van der Waals surface area (Å²) in [7, 11) is 2.11. The first kappa shape index (κ1) is 17.5. The van der Waals surface area contributed by atoms with E-state index >= 15 is 0 Å². The maximum absolute atomic E-state index is 5.04. The molecule has 7 rings (SSSR count). The van der Waals surface area contributed by atoms with Crippen LogP contribution >= 0.6 is 0 Å². The van der Waals surface area contributed by atoms with E-state index in [1.807, 2.05) is 0 Å². The number of fused-ring (bicyclic) bond motifs is 9. The Kier molecular flexibility index (Phi) is 3.51. The van der Waals surface area contributed by atoms with Crippen molar-refractivity contribution in [3.8, 4) is 11.4 Å². The first-order chi connectivity index (χ1) is 15.8. The predicted octanol–water partition coefficient (Wildman–Crippen LogP) is 7.85. The number of imidazole rings is 1. The van der Waals surface area contributed by atoms with Crippen molar-refractivity contribution in [3.05, 3.63) is 103 Å². The Morgan fingerprint density at radius 2 is 1.03 bits per heavy atom. The van der Waals surface area contributed by atoms with Gasteiger partial charge in [-0.2, -0.15) is 0 Å². The highest BCUT2D eigenvalue weighted by molar-refractivity contribution is 6.32. The summed E-state index contributed by atoms with van der Waals surface area (Å²) in [6.45, 7) is 0. The summed E-state index contributed by atoms with van der Waals surface area (Å²) in [4.78, 5) is 5.04. The largest absolute Gasteiger partial charge is 0.327 e. The van der Waals surface area contributed by atoms with Gasteiger partial charge >= 0.3 is 0 Å². The van der Waals surface area contributed by atoms with Gasteiger partial charge in [0.05, 0.1) is 11.0 Å². The van der Waals surface area contributed by atoms with Crippen LogP contribution in [0.1, 0.15) is 0 Å². The Morgan fingerprint density at radius 3 is 1.72 bits per heavy atom. The summed E-state index contributed by atoms with van der Waals surface area (Å²) in [5.41, 5.74) is 3.35. The topological polar surface area (TPSA) is 17.8 Å². The molecule has 0 bridgehead atoms. The van der Waals surface area contributed by atoms with E-state index in [0.717, 1.165) is 16.9 Å². The second kappa shape index (κ2) is 6.41. The van der Waals surface area contributed by atoms with Gasteiger partial charge in [0.2, 0.25) is 0 Å². The number of nitrogens with zero attached hydrogens (tertiary/aromatic N) is 2. The molecule has 0 aliphatic carbocycles. The van der Waals surface area contributed by atoms with Gasteiger partial charge in [0, 0.05) is 12.6 Å². The maximum atomic E-state index is 5.04. The normalized spacial score (nSPS) is 11.9. The summed E-state index contributed by atoms with van der Waals surface area (Å²) in [5.74, 6) is 1.00. The quantitative estimate of drug-likeness (QED) is 0.253. The van der Waals surface area contributed by atoms with Gasteiger partial charge in [-0.3, -0.25) is 0 Å². The average molecular weight is 409 g/mol. The molecule has 1 heterocycles. The molecular weight excluding hydrogens is 388 g/mol. The van der Waals surface area contributed by atoms with Crippen LogP contribution in [0, 0.1) is 0 Å². The minimum atomic E-state index is 1.00. The zero-order chi connectivity index (χ0) is 21.2. The maximum Gasteiger partial charge on any atom is 0.141 e. The second-order valence-electron chi connectivity index (χ2n) is 8.47. The number of para-hydroxylation sites is 2. The molecule has 1 aromatic heterocycles. The van der Waals surface area contributed by atoms with E-state index < -0.39 is 0 Å². The molecule has 0 N–H and O–H groups in total. The van der Waals surface area contributed by atoms with Crippen LogP contribution in [-0.2, 0) is 7.05 Å². The van der Waals surface area contributed by atoms with E-state index in [-0.39, 0.29) is 0 Å². The van der Waals surface area contributed by atoms with Crippen LogP contribution in [0.15, 0.2) is 103 Å². The van der Waals surface area contributed by atoms with Gasteiger partial charge in [-0.1, -0.05) is 84.9 Å². The second-order valence-corrected chi connectivity index (χ2v) is 8.47.